The monoisotopic (exact) mass is 401 g/mol. The van der Waals surface area contributed by atoms with Crippen molar-refractivity contribution in [3.63, 3.8) is 0 Å². The molecule has 2 unspecified atom stereocenters. The summed E-state index contributed by atoms with van der Waals surface area (Å²) in [6.07, 6.45) is 6.20. The molecule has 2 aliphatic rings. The zero-order chi connectivity index (χ0) is 20.5. The number of nitrogens with one attached hydrogen (secondary N) is 1. The minimum Gasteiger partial charge on any atom is -0.459 e. The van der Waals surface area contributed by atoms with Gasteiger partial charge in [-0.2, -0.15) is 0 Å². The first kappa shape index (κ1) is 18.6. The van der Waals surface area contributed by atoms with Crippen molar-refractivity contribution in [2.75, 3.05) is 6.54 Å². The van der Waals surface area contributed by atoms with Gasteiger partial charge in [-0.15, -0.1) is 0 Å². The maximum absolute atomic E-state index is 13.4. The van der Waals surface area contributed by atoms with E-state index >= 15 is 0 Å². The van der Waals surface area contributed by atoms with Gasteiger partial charge < -0.3 is 14.6 Å². The number of aromatic nitrogens is 1. The van der Waals surface area contributed by atoms with E-state index in [9.17, 15) is 9.59 Å². The largest absolute Gasteiger partial charge is 0.459 e. The van der Waals surface area contributed by atoms with Gasteiger partial charge in [-0.25, -0.2) is 0 Å². The first-order chi connectivity index (χ1) is 14.7. The van der Waals surface area contributed by atoms with Gasteiger partial charge in [-0.1, -0.05) is 30.3 Å². The summed E-state index contributed by atoms with van der Waals surface area (Å²) in [5.74, 6) is -0.533. The topological polar surface area (TPSA) is 75.4 Å². The summed E-state index contributed by atoms with van der Waals surface area (Å²) < 4.78 is 5.29. The molecule has 152 valence electrons. The Hall–Kier alpha value is -3.41. The number of pyridine rings is 1. The van der Waals surface area contributed by atoms with Crippen LogP contribution in [0.5, 0.6) is 0 Å². The quantitative estimate of drug-likeness (QED) is 0.728. The molecule has 0 saturated carbocycles. The molecule has 1 N–H and O–H groups in total. The van der Waals surface area contributed by atoms with Crippen LogP contribution in [-0.2, 0) is 17.8 Å². The highest BCUT2D eigenvalue weighted by molar-refractivity contribution is 5.93. The van der Waals surface area contributed by atoms with Crippen LogP contribution in [0.25, 0.3) is 0 Å². The first-order valence-electron chi connectivity index (χ1n) is 10.4. The predicted molar refractivity (Wildman–Crippen MR) is 111 cm³/mol. The molecule has 1 aliphatic carbocycles. The minimum atomic E-state index is -0.511. The number of hydrogen-bond donors (Lipinski definition) is 1. The van der Waals surface area contributed by atoms with Gasteiger partial charge in [0.05, 0.1) is 23.9 Å². The van der Waals surface area contributed by atoms with Crippen molar-refractivity contribution >= 4 is 11.8 Å². The molecule has 3 heterocycles. The highest BCUT2D eigenvalue weighted by atomic mass is 16.3. The molecule has 1 aliphatic heterocycles. The predicted octanol–water partition coefficient (Wildman–Crippen LogP) is 3.61. The van der Waals surface area contributed by atoms with Crippen molar-refractivity contribution in [1.82, 2.24) is 15.2 Å². The third kappa shape index (κ3) is 3.38. The van der Waals surface area contributed by atoms with Crippen molar-refractivity contribution < 1.29 is 14.0 Å². The maximum atomic E-state index is 13.4. The molecular weight excluding hydrogens is 378 g/mol. The molecule has 6 heteroatoms. The van der Waals surface area contributed by atoms with E-state index in [4.69, 9.17) is 4.42 Å². The fourth-order valence-electron chi connectivity index (χ4n) is 4.57. The zero-order valence-electron chi connectivity index (χ0n) is 16.6. The van der Waals surface area contributed by atoms with Crippen LogP contribution in [0.3, 0.4) is 0 Å². The van der Waals surface area contributed by atoms with Crippen molar-refractivity contribution in [1.29, 1.82) is 0 Å². The van der Waals surface area contributed by atoms with Crippen LogP contribution in [0.1, 0.15) is 57.7 Å². The summed E-state index contributed by atoms with van der Waals surface area (Å²) in [5.41, 5.74) is 4.14. The van der Waals surface area contributed by atoms with Crippen molar-refractivity contribution in [3.8, 4) is 0 Å². The van der Waals surface area contributed by atoms with Crippen molar-refractivity contribution in [3.05, 3.63) is 89.1 Å². The van der Waals surface area contributed by atoms with E-state index in [0.717, 1.165) is 30.5 Å². The van der Waals surface area contributed by atoms with Crippen LogP contribution >= 0.6 is 0 Å². The Morgan fingerprint density at radius 1 is 1.07 bits per heavy atom. The molecule has 1 aromatic carbocycles. The lowest BCUT2D eigenvalue weighted by Crippen LogP contribution is -2.45. The molecule has 0 radical (unpaired) electrons. The third-order valence-corrected chi connectivity index (χ3v) is 6.04. The molecule has 2 aromatic heterocycles. The molecule has 2 amide bonds. The number of aryl methyl sites for hydroxylation is 1. The second-order valence-corrected chi connectivity index (χ2v) is 7.92. The third-order valence-electron chi connectivity index (χ3n) is 6.04. The lowest BCUT2D eigenvalue weighted by molar-refractivity contribution is -0.124. The second-order valence-electron chi connectivity index (χ2n) is 7.92. The van der Waals surface area contributed by atoms with Crippen molar-refractivity contribution in [2.24, 2.45) is 0 Å². The van der Waals surface area contributed by atoms with E-state index in [2.05, 4.69) is 22.4 Å². The summed E-state index contributed by atoms with van der Waals surface area (Å²) in [6.45, 7) is 0.697. The molecule has 0 saturated heterocycles. The van der Waals surface area contributed by atoms with E-state index < -0.39 is 5.92 Å². The van der Waals surface area contributed by atoms with Crippen LogP contribution in [0.15, 0.2) is 65.4 Å². The average molecular weight is 401 g/mol. The summed E-state index contributed by atoms with van der Waals surface area (Å²) >= 11 is 0. The lowest BCUT2D eigenvalue weighted by Gasteiger charge is -2.34. The molecule has 0 fully saturated rings. The Balaban J connectivity index is 1.41. The zero-order valence-corrected chi connectivity index (χ0v) is 16.6. The van der Waals surface area contributed by atoms with Gasteiger partial charge in [0.2, 0.25) is 5.91 Å². The highest BCUT2D eigenvalue weighted by Crippen LogP contribution is 2.32. The van der Waals surface area contributed by atoms with Gasteiger partial charge in [0.1, 0.15) is 0 Å². The van der Waals surface area contributed by atoms with Gasteiger partial charge in [0, 0.05) is 19.3 Å². The average Bonchev–Trinajstić information content (AvgIpc) is 3.33. The summed E-state index contributed by atoms with van der Waals surface area (Å²) in [4.78, 5) is 32.4. The van der Waals surface area contributed by atoms with Gasteiger partial charge in [-0.3, -0.25) is 14.6 Å². The number of rotatable bonds is 3. The molecule has 6 nitrogen and oxygen atoms in total. The number of furan rings is 1. The maximum Gasteiger partial charge on any atom is 0.289 e. The normalized spacial score (nSPS) is 20.2. The fraction of sp³-hybridized carbons (Fsp3) is 0.292. The molecule has 2 atom stereocenters. The van der Waals surface area contributed by atoms with Crippen molar-refractivity contribution in [2.45, 2.75) is 37.8 Å². The Labute approximate surface area is 174 Å². The van der Waals surface area contributed by atoms with Gasteiger partial charge in [0.25, 0.3) is 5.91 Å². The van der Waals surface area contributed by atoms with Gasteiger partial charge >= 0.3 is 0 Å². The number of nitrogens with zero attached hydrogens (tertiary/aromatic N) is 2. The molecule has 3 aromatic rings. The van der Waals surface area contributed by atoms with Crippen LogP contribution < -0.4 is 5.32 Å². The highest BCUT2D eigenvalue weighted by Gasteiger charge is 2.36. The van der Waals surface area contributed by atoms with E-state index in [1.807, 2.05) is 24.3 Å². The number of benzene rings is 1. The van der Waals surface area contributed by atoms with Crippen LogP contribution in [0, 0.1) is 0 Å². The number of carbonyl (C=O) groups is 2. The first-order valence-corrected chi connectivity index (χ1v) is 10.4. The van der Waals surface area contributed by atoms with Crippen LogP contribution in [0.2, 0.25) is 0 Å². The van der Waals surface area contributed by atoms with E-state index in [0.29, 0.717) is 6.54 Å². The fourth-order valence-corrected chi connectivity index (χ4v) is 4.57. The minimum absolute atomic E-state index is 0.00855. The Kier molecular flexibility index (Phi) is 4.83. The molecule has 5 rings (SSSR count). The Bertz CT molecular complexity index is 1080. The number of fused-ring (bicyclic) bond motifs is 2. The second kappa shape index (κ2) is 7.78. The van der Waals surface area contributed by atoms with E-state index in [1.165, 1.54) is 17.4 Å². The molecular formula is C24H23N3O3. The summed E-state index contributed by atoms with van der Waals surface area (Å²) in [5, 5.41) is 3.24. The molecule has 0 bridgehead atoms. The summed E-state index contributed by atoms with van der Waals surface area (Å²) in [7, 11) is 0. The van der Waals surface area contributed by atoms with Crippen LogP contribution in [0.4, 0.5) is 0 Å². The lowest BCUT2D eigenvalue weighted by atomic mass is 9.87. The van der Waals surface area contributed by atoms with Gasteiger partial charge in [0.15, 0.2) is 5.76 Å². The smallest absolute Gasteiger partial charge is 0.289 e. The van der Waals surface area contributed by atoms with E-state index in [-0.39, 0.29) is 30.2 Å². The standard InChI is InChI=1S/C24H23N3O3/c28-23(26-20-10-3-7-16-6-1-2-9-18(16)20)19-15-27(24(29)21-11-5-13-30-21)14-17-8-4-12-25-22(17)19/h1-2,4-6,8-9,11-13,19-20H,3,7,10,14-15H2,(H,26,28). The molecule has 30 heavy (non-hydrogen) atoms. The van der Waals surface area contributed by atoms with Crippen LogP contribution in [-0.4, -0.2) is 28.2 Å². The summed E-state index contributed by atoms with van der Waals surface area (Å²) in [6, 6.07) is 15.4. The number of hydrogen-bond acceptors (Lipinski definition) is 4. The Morgan fingerprint density at radius 2 is 1.93 bits per heavy atom. The van der Waals surface area contributed by atoms with E-state index in [1.54, 1.807) is 23.2 Å². The molecule has 0 spiro atoms. The number of carbonyl (C=O) groups excluding carboxylic acids is 2. The van der Waals surface area contributed by atoms with Gasteiger partial charge in [-0.05, 0) is 54.2 Å². The Morgan fingerprint density at radius 3 is 2.80 bits per heavy atom. The SMILES string of the molecule is O=C(NC1CCCc2ccccc21)C1CN(C(=O)c2ccco2)Cc2cccnc21. The number of amides is 2.